The second-order valence-electron chi connectivity index (χ2n) is 4.44. The summed E-state index contributed by atoms with van der Waals surface area (Å²) in [5.74, 6) is 0.845. The van der Waals surface area contributed by atoms with Crippen LogP contribution >= 0.6 is 0 Å². The fraction of sp³-hybridized carbons (Fsp3) is 0.0667. The van der Waals surface area contributed by atoms with E-state index in [9.17, 15) is 0 Å². The first-order valence-corrected chi connectivity index (χ1v) is 6.06. The molecule has 4 nitrogen and oxygen atoms in total. The van der Waals surface area contributed by atoms with Gasteiger partial charge in [0.25, 0.3) is 0 Å². The molecular weight excluding hydrogens is 236 g/mol. The first-order valence-electron chi connectivity index (χ1n) is 6.06. The highest BCUT2D eigenvalue weighted by Crippen LogP contribution is 2.22. The number of nitrogen functional groups attached to an aromatic ring is 1. The van der Waals surface area contributed by atoms with E-state index in [1.54, 1.807) is 10.9 Å². The highest BCUT2D eigenvalue weighted by atomic mass is 15.3. The maximum atomic E-state index is 5.80. The molecule has 0 aliphatic carbocycles. The van der Waals surface area contributed by atoms with Crippen molar-refractivity contribution >= 4 is 5.69 Å². The van der Waals surface area contributed by atoms with Crippen molar-refractivity contribution < 1.29 is 0 Å². The molecule has 0 unspecified atom stereocenters. The summed E-state index contributed by atoms with van der Waals surface area (Å²) in [5, 5.41) is 4.37. The number of pyridine rings is 1. The predicted molar refractivity (Wildman–Crippen MR) is 75.9 cm³/mol. The van der Waals surface area contributed by atoms with Crippen LogP contribution in [-0.2, 0) is 0 Å². The number of rotatable bonds is 2. The van der Waals surface area contributed by atoms with Gasteiger partial charge in [-0.25, -0.2) is 9.67 Å². The molecule has 2 heterocycles. The third kappa shape index (κ3) is 2.20. The molecule has 2 aromatic heterocycles. The number of benzene rings is 1. The zero-order valence-electron chi connectivity index (χ0n) is 10.6. The van der Waals surface area contributed by atoms with Crippen LogP contribution in [0.5, 0.6) is 0 Å². The van der Waals surface area contributed by atoms with Crippen molar-refractivity contribution in [3.63, 3.8) is 0 Å². The summed E-state index contributed by atoms with van der Waals surface area (Å²) >= 11 is 0. The molecule has 19 heavy (non-hydrogen) atoms. The van der Waals surface area contributed by atoms with Gasteiger partial charge in [0.2, 0.25) is 0 Å². The number of aryl methyl sites for hydroxylation is 1. The molecule has 0 bridgehead atoms. The van der Waals surface area contributed by atoms with Crippen molar-refractivity contribution in [3.8, 4) is 16.9 Å². The maximum Gasteiger partial charge on any atom is 0.156 e. The van der Waals surface area contributed by atoms with E-state index in [1.165, 1.54) is 0 Å². The van der Waals surface area contributed by atoms with Gasteiger partial charge in [0, 0.05) is 23.6 Å². The Morgan fingerprint density at radius 3 is 2.79 bits per heavy atom. The van der Waals surface area contributed by atoms with Crippen molar-refractivity contribution in [2.75, 3.05) is 5.73 Å². The van der Waals surface area contributed by atoms with Crippen LogP contribution in [0.25, 0.3) is 16.9 Å². The quantitative estimate of drug-likeness (QED) is 0.711. The van der Waals surface area contributed by atoms with Crippen LogP contribution in [0.4, 0.5) is 5.69 Å². The molecule has 1 aromatic carbocycles. The molecule has 0 spiro atoms. The fourth-order valence-corrected chi connectivity index (χ4v) is 2.02. The van der Waals surface area contributed by atoms with Gasteiger partial charge in [0.1, 0.15) is 0 Å². The average molecular weight is 250 g/mol. The Bertz CT molecular complexity index is 715. The summed E-state index contributed by atoms with van der Waals surface area (Å²) in [5.41, 5.74) is 9.72. The zero-order valence-corrected chi connectivity index (χ0v) is 10.6. The van der Waals surface area contributed by atoms with Crippen LogP contribution in [0, 0.1) is 6.92 Å². The van der Waals surface area contributed by atoms with Gasteiger partial charge < -0.3 is 5.73 Å². The fourth-order valence-electron chi connectivity index (χ4n) is 2.02. The Balaban J connectivity index is 2.03. The zero-order chi connectivity index (χ0) is 13.2. The highest BCUT2D eigenvalue weighted by Gasteiger charge is 2.06. The molecule has 0 atom stereocenters. The Kier molecular flexibility index (Phi) is 2.76. The van der Waals surface area contributed by atoms with Crippen molar-refractivity contribution in [1.29, 1.82) is 0 Å². The molecule has 2 N–H and O–H groups in total. The van der Waals surface area contributed by atoms with Gasteiger partial charge in [-0.1, -0.05) is 18.2 Å². The molecule has 94 valence electrons. The number of nitrogens with zero attached hydrogens (tertiary/aromatic N) is 3. The van der Waals surface area contributed by atoms with Gasteiger partial charge in [-0.15, -0.1) is 0 Å². The molecule has 3 rings (SSSR count). The molecular formula is C15H14N4. The minimum Gasteiger partial charge on any atom is -0.399 e. The minimum atomic E-state index is 0.749. The average Bonchev–Trinajstić information content (AvgIpc) is 2.89. The Morgan fingerprint density at radius 2 is 2.00 bits per heavy atom. The summed E-state index contributed by atoms with van der Waals surface area (Å²) in [6, 6.07) is 11.7. The van der Waals surface area contributed by atoms with Gasteiger partial charge in [-0.3, -0.25) is 0 Å². The second kappa shape index (κ2) is 4.57. The van der Waals surface area contributed by atoms with Gasteiger partial charge in [-0.05, 0) is 36.2 Å². The van der Waals surface area contributed by atoms with Crippen LogP contribution < -0.4 is 5.73 Å². The van der Waals surface area contributed by atoms with Crippen LogP contribution in [0.15, 0.2) is 55.0 Å². The first kappa shape index (κ1) is 11.5. The largest absolute Gasteiger partial charge is 0.399 e. The van der Waals surface area contributed by atoms with E-state index in [0.29, 0.717) is 0 Å². The van der Waals surface area contributed by atoms with Crippen molar-refractivity contribution in [2.45, 2.75) is 6.92 Å². The van der Waals surface area contributed by atoms with Gasteiger partial charge in [0.05, 0.1) is 6.20 Å². The molecule has 0 radical (unpaired) electrons. The molecule has 4 heteroatoms. The molecule has 0 fully saturated rings. The normalized spacial score (nSPS) is 10.6. The SMILES string of the molecule is Cc1cccnc1-n1cc(-c2cccc(N)c2)cn1. The van der Waals surface area contributed by atoms with E-state index < -0.39 is 0 Å². The van der Waals surface area contributed by atoms with E-state index in [1.807, 2.05) is 55.7 Å². The number of aromatic nitrogens is 3. The standard InChI is InChI=1S/C15H14N4/c1-11-4-3-7-17-15(11)19-10-13(9-18-19)12-5-2-6-14(16)8-12/h2-10H,16H2,1H3. The second-order valence-corrected chi connectivity index (χ2v) is 4.44. The smallest absolute Gasteiger partial charge is 0.156 e. The Morgan fingerprint density at radius 1 is 1.11 bits per heavy atom. The summed E-state index contributed by atoms with van der Waals surface area (Å²) in [7, 11) is 0. The van der Waals surface area contributed by atoms with Crippen molar-refractivity contribution in [3.05, 3.63) is 60.6 Å². The Labute approximate surface area is 111 Å². The molecule has 0 saturated carbocycles. The maximum absolute atomic E-state index is 5.80. The lowest BCUT2D eigenvalue weighted by atomic mass is 10.1. The topological polar surface area (TPSA) is 56.7 Å². The molecule has 0 aliphatic rings. The Hall–Kier alpha value is -2.62. The van der Waals surface area contributed by atoms with E-state index >= 15 is 0 Å². The molecule has 3 aromatic rings. The lowest BCUT2D eigenvalue weighted by Gasteiger charge is -2.03. The van der Waals surface area contributed by atoms with Gasteiger partial charge >= 0.3 is 0 Å². The third-order valence-electron chi connectivity index (χ3n) is 3.00. The van der Waals surface area contributed by atoms with Crippen LogP contribution in [0.2, 0.25) is 0 Å². The lowest BCUT2D eigenvalue weighted by molar-refractivity contribution is 0.838. The number of hydrogen-bond donors (Lipinski definition) is 1. The van der Waals surface area contributed by atoms with Crippen molar-refractivity contribution in [2.24, 2.45) is 0 Å². The predicted octanol–water partition coefficient (Wildman–Crippen LogP) is 2.82. The highest BCUT2D eigenvalue weighted by molar-refractivity contribution is 5.66. The molecule has 0 saturated heterocycles. The van der Waals surface area contributed by atoms with Gasteiger partial charge in [0.15, 0.2) is 5.82 Å². The van der Waals surface area contributed by atoms with E-state index in [0.717, 1.165) is 28.2 Å². The van der Waals surface area contributed by atoms with Crippen LogP contribution in [-0.4, -0.2) is 14.8 Å². The first-order chi connectivity index (χ1) is 9.24. The minimum absolute atomic E-state index is 0.749. The van der Waals surface area contributed by atoms with E-state index in [-0.39, 0.29) is 0 Å². The molecule has 0 amide bonds. The van der Waals surface area contributed by atoms with Crippen LogP contribution in [0.1, 0.15) is 5.56 Å². The molecule has 0 aliphatic heterocycles. The summed E-state index contributed by atoms with van der Waals surface area (Å²) in [4.78, 5) is 4.35. The van der Waals surface area contributed by atoms with E-state index in [4.69, 9.17) is 5.73 Å². The van der Waals surface area contributed by atoms with E-state index in [2.05, 4.69) is 10.1 Å². The van der Waals surface area contributed by atoms with Crippen molar-refractivity contribution in [1.82, 2.24) is 14.8 Å². The summed E-state index contributed by atoms with van der Waals surface area (Å²) < 4.78 is 1.79. The van der Waals surface area contributed by atoms with Gasteiger partial charge in [-0.2, -0.15) is 5.10 Å². The third-order valence-corrected chi connectivity index (χ3v) is 3.00. The number of anilines is 1. The summed E-state index contributed by atoms with van der Waals surface area (Å²) in [6.07, 6.45) is 5.55. The number of nitrogens with two attached hydrogens (primary N) is 1. The lowest BCUT2D eigenvalue weighted by Crippen LogP contribution is -1.99. The van der Waals surface area contributed by atoms with Crippen LogP contribution in [0.3, 0.4) is 0 Å². The number of hydrogen-bond acceptors (Lipinski definition) is 3. The monoisotopic (exact) mass is 250 g/mol. The summed E-state index contributed by atoms with van der Waals surface area (Å²) in [6.45, 7) is 2.02.